The first-order valence-corrected chi connectivity index (χ1v) is 14.4. The second-order valence-electron chi connectivity index (χ2n) is 9.84. The Labute approximate surface area is 254 Å². The number of benzene rings is 1. The van der Waals surface area contributed by atoms with Crippen LogP contribution in [-0.4, -0.2) is 104 Å². The van der Waals surface area contributed by atoms with Crippen molar-refractivity contribution >= 4 is 59.5 Å². The van der Waals surface area contributed by atoms with Crippen LogP contribution in [0.2, 0.25) is 0 Å². The van der Waals surface area contributed by atoms with Gasteiger partial charge in [-0.2, -0.15) is 5.10 Å². The van der Waals surface area contributed by atoms with Gasteiger partial charge in [-0.25, -0.2) is 24.3 Å². The maximum Gasteiger partial charge on any atom is 0.352 e. The van der Waals surface area contributed by atoms with E-state index in [-0.39, 0.29) is 43.1 Å². The molecule has 1 unspecified atom stereocenters. The number of urea groups is 2. The van der Waals surface area contributed by atoms with Crippen LogP contribution in [0.4, 0.5) is 15.3 Å². The van der Waals surface area contributed by atoms with E-state index in [1.807, 2.05) is 0 Å². The first kappa shape index (κ1) is 30.2. The number of carbonyl (C=O) groups is 6. The molecule has 0 spiro atoms. The molecule has 6 amide bonds. The lowest BCUT2D eigenvalue weighted by molar-refractivity contribution is -0.151. The van der Waals surface area contributed by atoms with Gasteiger partial charge in [0, 0.05) is 41.9 Å². The van der Waals surface area contributed by atoms with Gasteiger partial charge < -0.3 is 20.5 Å². The minimum atomic E-state index is -1.33. The van der Waals surface area contributed by atoms with Crippen LogP contribution in [0.3, 0.4) is 0 Å². The normalized spacial score (nSPS) is 19.5. The second kappa shape index (κ2) is 12.9. The Hall–Kier alpha value is -5.25. The van der Waals surface area contributed by atoms with Crippen LogP contribution in [-0.2, 0) is 30.3 Å². The number of carbonyl (C=O) groups excluding carboxylic acids is 5. The number of hydrazone groups is 1. The van der Waals surface area contributed by atoms with Crippen molar-refractivity contribution < 1.29 is 38.6 Å². The van der Waals surface area contributed by atoms with E-state index < -0.39 is 47.2 Å². The lowest BCUT2D eigenvalue weighted by atomic mass is 10.0. The SMILES string of the molecule is CC(=O)OCC1=C(C(=O)O)N2C(=O)C(NC(=O)Cc3ccccc3NC(=O)N3CCN(/N=C/c4cccnc4)C3=O)[C@H]2SC1. The molecule has 44 heavy (non-hydrogen) atoms. The molecule has 1 aromatic heterocycles. The Kier molecular flexibility index (Phi) is 8.89. The van der Waals surface area contributed by atoms with Crippen LogP contribution < -0.4 is 10.6 Å². The molecule has 3 aliphatic heterocycles. The average Bonchev–Trinajstić information content (AvgIpc) is 3.38. The highest BCUT2D eigenvalue weighted by Gasteiger charge is 2.54. The standard InChI is InChI=1S/C28H27N7O8S/c1-16(36)43-14-19-15-44-25-22(24(38)35(25)23(19)26(39)40)32-21(37)11-18-6-2-3-7-20(18)31-27(41)33-9-10-34(28(33)42)30-13-17-5-4-8-29-12-17/h2-8,12-13,22,25H,9-11,14-15H2,1H3,(H,31,41)(H,32,37)(H,39,40)/b30-13+/t22?,25-/m1/s1. The monoisotopic (exact) mass is 621 g/mol. The molecule has 16 heteroatoms. The number of aliphatic carboxylic acids is 1. The van der Waals surface area contributed by atoms with Gasteiger partial charge in [0.25, 0.3) is 5.91 Å². The third-order valence-corrected chi connectivity index (χ3v) is 8.23. The molecule has 15 nitrogen and oxygen atoms in total. The van der Waals surface area contributed by atoms with Crippen molar-refractivity contribution in [1.82, 2.24) is 25.1 Å². The Balaban J connectivity index is 1.19. The number of imide groups is 1. The van der Waals surface area contributed by atoms with Crippen LogP contribution in [0.1, 0.15) is 18.1 Å². The molecule has 2 atom stereocenters. The Morgan fingerprint density at radius 3 is 2.68 bits per heavy atom. The van der Waals surface area contributed by atoms with E-state index in [9.17, 15) is 33.9 Å². The van der Waals surface area contributed by atoms with Crippen LogP contribution >= 0.6 is 11.8 Å². The van der Waals surface area contributed by atoms with Crippen molar-refractivity contribution in [3.8, 4) is 0 Å². The number of carboxylic acid groups (broad SMARTS) is 1. The summed E-state index contributed by atoms with van der Waals surface area (Å²) in [6.07, 6.45) is 4.47. The molecule has 3 N–H and O–H groups in total. The van der Waals surface area contributed by atoms with Crippen molar-refractivity contribution in [2.75, 3.05) is 30.8 Å². The summed E-state index contributed by atoms with van der Waals surface area (Å²) in [5.74, 6) is -2.83. The molecule has 4 heterocycles. The van der Waals surface area contributed by atoms with E-state index in [0.717, 1.165) is 9.80 Å². The fraction of sp³-hybridized carbons (Fsp3) is 0.286. The molecule has 2 saturated heterocycles. The number of esters is 1. The minimum Gasteiger partial charge on any atom is -0.477 e. The number of aromatic nitrogens is 1. The van der Waals surface area contributed by atoms with Gasteiger partial charge in [0.15, 0.2) is 0 Å². The molecule has 5 rings (SSSR count). The number of fused-ring (bicyclic) bond motifs is 1. The number of β-lactam (4-membered cyclic amide) rings is 1. The number of nitrogens with one attached hydrogen (secondary N) is 2. The molecule has 0 aliphatic carbocycles. The topological polar surface area (TPSA) is 191 Å². The summed E-state index contributed by atoms with van der Waals surface area (Å²) in [6.45, 7) is 1.25. The number of para-hydroxylation sites is 1. The summed E-state index contributed by atoms with van der Waals surface area (Å²) < 4.78 is 4.93. The lowest BCUT2D eigenvalue weighted by Gasteiger charge is -2.49. The third kappa shape index (κ3) is 6.39. The van der Waals surface area contributed by atoms with Gasteiger partial charge in [0.05, 0.1) is 25.7 Å². The molecule has 0 saturated carbocycles. The number of amides is 6. The van der Waals surface area contributed by atoms with Crippen LogP contribution in [0.25, 0.3) is 0 Å². The first-order chi connectivity index (χ1) is 21.1. The lowest BCUT2D eigenvalue weighted by Crippen LogP contribution is -2.70. The van der Waals surface area contributed by atoms with E-state index in [0.29, 0.717) is 16.8 Å². The molecular weight excluding hydrogens is 594 g/mol. The number of rotatable bonds is 9. The van der Waals surface area contributed by atoms with Crippen molar-refractivity contribution in [2.45, 2.75) is 24.8 Å². The first-order valence-electron chi connectivity index (χ1n) is 13.4. The number of hydrogen-bond donors (Lipinski definition) is 3. The van der Waals surface area contributed by atoms with E-state index in [1.165, 1.54) is 29.9 Å². The van der Waals surface area contributed by atoms with Gasteiger partial charge >= 0.3 is 24.0 Å². The van der Waals surface area contributed by atoms with E-state index in [1.54, 1.807) is 48.8 Å². The third-order valence-electron chi connectivity index (χ3n) is 6.89. The maximum atomic E-state index is 13.0. The molecule has 228 valence electrons. The molecule has 3 aliphatic rings. The van der Waals surface area contributed by atoms with Crippen molar-refractivity contribution in [3.05, 3.63) is 71.2 Å². The Bertz CT molecular complexity index is 1580. The molecule has 1 aromatic carbocycles. The van der Waals surface area contributed by atoms with Gasteiger partial charge in [-0.1, -0.05) is 24.3 Å². The zero-order valence-electron chi connectivity index (χ0n) is 23.3. The highest BCUT2D eigenvalue weighted by Crippen LogP contribution is 2.40. The maximum absolute atomic E-state index is 13.0. The molecular formula is C28H27N7O8S. The predicted molar refractivity (Wildman–Crippen MR) is 156 cm³/mol. The van der Waals surface area contributed by atoms with Crippen LogP contribution in [0.5, 0.6) is 0 Å². The van der Waals surface area contributed by atoms with Gasteiger partial charge in [0.1, 0.15) is 23.7 Å². The second-order valence-corrected chi connectivity index (χ2v) is 10.9. The molecule has 0 bridgehead atoms. The van der Waals surface area contributed by atoms with E-state index in [2.05, 4.69) is 20.7 Å². The average molecular weight is 622 g/mol. The highest BCUT2D eigenvalue weighted by molar-refractivity contribution is 8.00. The summed E-state index contributed by atoms with van der Waals surface area (Å²) in [4.78, 5) is 80.8. The zero-order valence-corrected chi connectivity index (χ0v) is 24.2. The van der Waals surface area contributed by atoms with Gasteiger partial charge in [-0.05, 0) is 17.7 Å². The van der Waals surface area contributed by atoms with Crippen molar-refractivity contribution in [1.29, 1.82) is 0 Å². The number of hydrogen-bond acceptors (Lipinski definition) is 10. The number of carboxylic acids is 1. The summed E-state index contributed by atoms with van der Waals surface area (Å²) in [6, 6.07) is 7.79. The number of nitrogens with zero attached hydrogens (tertiary/aromatic N) is 5. The number of pyridine rings is 1. The van der Waals surface area contributed by atoms with Gasteiger partial charge in [-0.3, -0.25) is 24.3 Å². The molecule has 0 radical (unpaired) electrons. The van der Waals surface area contributed by atoms with E-state index in [4.69, 9.17) is 4.74 Å². The number of ether oxygens (including phenoxy) is 1. The summed E-state index contributed by atoms with van der Waals surface area (Å²) >= 11 is 1.25. The quantitative estimate of drug-likeness (QED) is 0.209. The summed E-state index contributed by atoms with van der Waals surface area (Å²) in [5.41, 5.74) is 1.47. The fourth-order valence-corrected chi connectivity index (χ4v) is 6.10. The van der Waals surface area contributed by atoms with Crippen LogP contribution in [0, 0.1) is 0 Å². The van der Waals surface area contributed by atoms with Gasteiger partial charge in [0.2, 0.25) is 5.91 Å². The zero-order chi connectivity index (χ0) is 31.4. The Morgan fingerprint density at radius 2 is 1.95 bits per heavy atom. The van der Waals surface area contributed by atoms with Crippen molar-refractivity contribution in [3.63, 3.8) is 0 Å². The molecule has 2 fully saturated rings. The van der Waals surface area contributed by atoms with E-state index >= 15 is 0 Å². The highest BCUT2D eigenvalue weighted by atomic mass is 32.2. The van der Waals surface area contributed by atoms with Gasteiger partial charge in [-0.15, -0.1) is 11.8 Å². The van der Waals surface area contributed by atoms with Crippen molar-refractivity contribution in [2.24, 2.45) is 5.10 Å². The molecule has 2 aromatic rings. The summed E-state index contributed by atoms with van der Waals surface area (Å²) in [5, 5.41) is 19.7. The summed E-state index contributed by atoms with van der Waals surface area (Å²) in [7, 11) is 0. The predicted octanol–water partition coefficient (Wildman–Crippen LogP) is 1.23. The minimum absolute atomic E-state index is 0.104. The Morgan fingerprint density at radius 1 is 1.16 bits per heavy atom. The fourth-order valence-electron chi connectivity index (χ4n) is 4.77. The smallest absolute Gasteiger partial charge is 0.352 e. The van der Waals surface area contributed by atoms with Crippen LogP contribution in [0.15, 0.2) is 65.2 Å². The number of thioether (sulfide) groups is 1. The largest absolute Gasteiger partial charge is 0.477 e. The number of anilines is 1.